The van der Waals surface area contributed by atoms with Crippen LogP contribution in [0.1, 0.15) is 30.1 Å². The molecule has 0 amide bonds. The highest BCUT2D eigenvalue weighted by Crippen LogP contribution is 2.24. The second kappa shape index (κ2) is 5.35. The summed E-state index contributed by atoms with van der Waals surface area (Å²) in [6.07, 6.45) is 1.07. The number of aryl methyl sites for hydroxylation is 1. The Balaban J connectivity index is 2.77. The van der Waals surface area contributed by atoms with E-state index >= 15 is 0 Å². The lowest BCUT2D eigenvalue weighted by Crippen LogP contribution is -2.05. The molecule has 0 saturated heterocycles. The number of benzene rings is 1. The van der Waals surface area contributed by atoms with Crippen LogP contribution in [0, 0.1) is 6.92 Å². The average molecular weight is 214 g/mol. The highest BCUT2D eigenvalue weighted by atomic mass is 35.5. The van der Waals surface area contributed by atoms with Crippen molar-refractivity contribution in [3.05, 3.63) is 34.3 Å². The van der Waals surface area contributed by atoms with Gasteiger partial charge in [0.05, 0.1) is 6.10 Å². The summed E-state index contributed by atoms with van der Waals surface area (Å²) in [5.41, 5.74) is 7.36. The molecule has 1 aromatic carbocycles. The Hall–Kier alpha value is -0.570. The molecule has 0 aliphatic carbocycles. The van der Waals surface area contributed by atoms with Crippen molar-refractivity contribution in [3.8, 4) is 0 Å². The molecule has 2 nitrogen and oxygen atoms in total. The fraction of sp³-hybridized carbons (Fsp3) is 0.455. The van der Waals surface area contributed by atoms with Crippen molar-refractivity contribution in [1.82, 2.24) is 0 Å². The van der Waals surface area contributed by atoms with E-state index in [0.29, 0.717) is 18.0 Å². The molecule has 1 unspecified atom stereocenters. The van der Waals surface area contributed by atoms with E-state index in [1.807, 2.05) is 25.1 Å². The van der Waals surface area contributed by atoms with E-state index in [9.17, 15) is 5.11 Å². The Morgan fingerprint density at radius 3 is 2.86 bits per heavy atom. The van der Waals surface area contributed by atoms with Gasteiger partial charge in [-0.3, -0.25) is 0 Å². The van der Waals surface area contributed by atoms with Gasteiger partial charge in [-0.1, -0.05) is 17.7 Å². The van der Waals surface area contributed by atoms with E-state index in [-0.39, 0.29) is 0 Å². The van der Waals surface area contributed by atoms with Crippen LogP contribution in [0.2, 0.25) is 5.02 Å². The average Bonchev–Trinajstić information content (AvgIpc) is 2.18. The summed E-state index contributed by atoms with van der Waals surface area (Å²) >= 11 is 5.86. The molecule has 0 fully saturated rings. The van der Waals surface area contributed by atoms with Crippen molar-refractivity contribution >= 4 is 11.6 Å². The molecule has 0 spiro atoms. The Bertz CT molecular complexity index is 301. The minimum absolute atomic E-state index is 0.447. The third-order valence-corrected chi connectivity index (χ3v) is 2.52. The molecule has 0 aliphatic heterocycles. The molecule has 14 heavy (non-hydrogen) atoms. The highest BCUT2D eigenvalue weighted by Gasteiger charge is 2.09. The maximum Gasteiger partial charge on any atom is 0.0793 e. The van der Waals surface area contributed by atoms with Gasteiger partial charge in [0.15, 0.2) is 0 Å². The Morgan fingerprint density at radius 2 is 2.21 bits per heavy atom. The Labute approximate surface area is 89.7 Å². The summed E-state index contributed by atoms with van der Waals surface area (Å²) in [5.74, 6) is 0. The summed E-state index contributed by atoms with van der Waals surface area (Å²) in [7, 11) is 0. The fourth-order valence-electron chi connectivity index (χ4n) is 1.44. The molecule has 0 heterocycles. The van der Waals surface area contributed by atoms with E-state index in [4.69, 9.17) is 17.3 Å². The van der Waals surface area contributed by atoms with Gasteiger partial charge in [-0.05, 0) is 49.6 Å². The van der Waals surface area contributed by atoms with Gasteiger partial charge in [-0.2, -0.15) is 0 Å². The lowest BCUT2D eigenvalue weighted by Gasteiger charge is -2.13. The largest absolute Gasteiger partial charge is 0.388 e. The van der Waals surface area contributed by atoms with E-state index in [1.165, 1.54) is 0 Å². The molecule has 0 saturated carbocycles. The minimum Gasteiger partial charge on any atom is -0.388 e. The van der Waals surface area contributed by atoms with Gasteiger partial charge in [0, 0.05) is 5.02 Å². The normalized spacial score (nSPS) is 12.9. The zero-order chi connectivity index (χ0) is 10.6. The standard InChI is InChI=1S/C11H16ClNO/c1-8-4-5-9(12)7-10(8)11(14)3-2-6-13/h4-5,7,11,14H,2-3,6,13H2,1H3. The van der Waals surface area contributed by atoms with E-state index in [1.54, 1.807) is 0 Å². The van der Waals surface area contributed by atoms with Crippen LogP contribution in [-0.2, 0) is 0 Å². The van der Waals surface area contributed by atoms with Crippen LogP contribution in [0.5, 0.6) is 0 Å². The van der Waals surface area contributed by atoms with Gasteiger partial charge in [-0.15, -0.1) is 0 Å². The first kappa shape index (κ1) is 11.5. The van der Waals surface area contributed by atoms with Crippen LogP contribution in [0.3, 0.4) is 0 Å². The number of rotatable bonds is 4. The topological polar surface area (TPSA) is 46.2 Å². The van der Waals surface area contributed by atoms with Gasteiger partial charge in [-0.25, -0.2) is 0 Å². The zero-order valence-corrected chi connectivity index (χ0v) is 9.09. The van der Waals surface area contributed by atoms with Crippen LogP contribution in [0.25, 0.3) is 0 Å². The van der Waals surface area contributed by atoms with Crippen molar-refractivity contribution in [1.29, 1.82) is 0 Å². The molecule has 1 rings (SSSR count). The minimum atomic E-state index is -0.447. The molecule has 3 heteroatoms. The van der Waals surface area contributed by atoms with Gasteiger partial charge < -0.3 is 10.8 Å². The van der Waals surface area contributed by atoms with Gasteiger partial charge in [0.2, 0.25) is 0 Å². The number of nitrogens with two attached hydrogens (primary N) is 1. The quantitative estimate of drug-likeness (QED) is 0.807. The molecule has 1 atom stereocenters. The fourth-order valence-corrected chi connectivity index (χ4v) is 1.62. The third-order valence-electron chi connectivity index (χ3n) is 2.28. The molecule has 0 aromatic heterocycles. The molecular formula is C11H16ClNO. The monoisotopic (exact) mass is 213 g/mol. The maximum atomic E-state index is 9.84. The second-order valence-corrected chi connectivity index (χ2v) is 3.88. The molecule has 0 radical (unpaired) electrons. The molecule has 78 valence electrons. The van der Waals surface area contributed by atoms with Gasteiger partial charge >= 0.3 is 0 Å². The van der Waals surface area contributed by atoms with E-state index in [2.05, 4.69) is 0 Å². The van der Waals surface area contributed by atoms with Gasteiger partial charge in [0.25, 0.3) is 0 Å². The zero-order valence-electron chi connectivity index (χ0n) is 8.33. The number of halogens is 1. The summed E-state index contributed by atoms with van der Waals surface area (Å²) in [4.78, 5) is 0. The lowest BCUT2D eigenvalue weighted by molar-refractivity contribution is 0.165. The highest BCUT2D eigenvalue weighted by molar-refractivity contribution is 6.30. The molecule has 1 aromatic rings. The van der Waals surface area contributed by atoms with E-state index in [0.717, 1.165) is 17.5 Å². The molecular weight excluding hydrogens is 198 g/mol. The van der Waals surface area contributed by atoms with Crippen molar-refractivity contribution < 1.29 is 5.11 Å². The van der Waals surface area contributed by atoms with E-state index < -0.39 is 6.10 Å². The maximum absolute atomic E-state index is 9.84. The van der Waals surface area contributed by atoms with Crippen molar-refractivity contribution in [2.45, 2.75) is 25.9 Å². The summed E-state index contributed by atoms with van der Waals surface area (Å²) in [6.45, 7) is 2.58. The number of hydrogen-bond donors (Lipinski definition) is 2. The molecule has 0 bridgehead atoms. The third kappa shape index (κ3) is 2.98. The Morgan fingerprint density at radius 1 is 1.50 bits per heavy atom. The van der Waals surface area contributed by atoms with Crippen LogP contribution in [0.15, 0.2) is 18.2 Å². The van der Waals surface area contributed by atoms with Gasteiger partial charge in [0.1, 0.15) is 0 Å². The van der Waals surface area contributed by atoms with Crippen LogP contribution in [0.4, 0.5) is 0 Å². The van der Waals surface area contributed by atoms with Crippen LogP contribution in [-0.4, -0.2) is 11.7 Å². The molecule has 3 N–H and O–H groups in total. The van der Waals surface area contributed by atoms with Crippen LogP contribution >= 0.6 is 11.6 Å². The van der Waals surface area contributed by atoms with Crippen LogP contribution < -0.4 is 5.73 Å². The summed E-state index contributed by atoms with van der Waals surface area (Å²) < 4.78 is 0. The summed E-state index contributed by atoms with van der Waals surface area (Å²) in [6, 6.07) is 5.57. The first-order valence-electron chi connectivity index (χ1n) is 4.79. The number of hydrogen-bond acceptors (Lipinski definition) is 2. The predicted molar refractivity (Wildman–Crippen MR) is 59.4 cm³/mol. The van der Waals surface area contributed by atoms with Crippen molar-refractivity contribution in [3.63, 3.8) is 0 Å². The number of aliphatic hydroxyl groups is 1. The predicted octanol–water partition coefficient (Wildman–Crippen LogP) is 2.42. The van der Waals surface area contributed by atoms with Crippen molar-refractivity contribution in [2.75, 3.05) is 6.54 Å². The SMILES string of the molecule is Cc1ccc(Cl)cc1C(O)CCCN. The smallest absolute Gasteiger partial charge is 0.0793 e. The lowest BCUT2D eigenvalue weighted by atomic mass is 10.0. The van der Waals surface area contributed by atoms with Crippen molar-refractivity contribution in [2.24, 2.45) is 5.73 Å². The molecule has 0 aliphatic rings. The first-order valence-corrected chi connectivity index (χ1v) is 5.17. The Kier molecular flexibility index (Phi) is 4.39. The second-order valence-electron chi connectivity index (χ2n) is 3.45. The summed E-state index contributed by atoms with van der Waals surface area (Å²) in [5, 5.41) is 10.5. The first-order chi connectivity index (χ1) is 6.65. The number of aliphatic hydroxyl groups excluding tert-OH is 1.